The molecule has 0 saturated heterocycles. The largest absolute Gasteiger partial charge is 0.492 e. The van der Waals surface area contributed by atoms with Gasteiger partial charge in [0, 0.05) is 17.3 Å². The van der Waals surface area contributed by atoms with Gasteiger partial charge in [-0.2, -0.15) is 0 Å². The summed E-state index contributed by atoms with van der Waals surface area (Å²) in [6.45, 7) is 1.22. The Morgan fingerprint density at radius 3 is 2.96 bits per heavy atom. The third-order valence-corrected chi connectivity index (χ3v) is 4.89. The topological polar surface area (TPSA) is 29.5 Å². The van der Waals surface area contributed by atoms with Gasteiger partial charge < -0.3 is 9.64 Å². The zero-order valence-corrected chi connectivity index (χ0v) is 13.6. The Labute approximate surface area is 140 Å². The molecule has 4 rings (SSSR count). The highest BCUT2D eigenvalue weighted by Gasteiger charge is 2.32. The first-order valence-corrected chi connectivity index (χ1v) is 8.40. The Morgan fingerprint density at radius 2 is 2.04 bits per heavy atom. The monoisotopic (exact) mass is 327 g/mol. The van der Waals surface area contributed by atoms with Crippen LogP contribution in [0, 0.1) is 5.92 Å². The average Bonchev–Trinajstić information content (AvgIpc) is 2.60. The fraction of sp³-hybridized carbons (Fsp3) is 0.316. The molecule has 0 fully saturated rings. The van der Waals surface area contributed by atoms with Crippen molar-refractivity contribution in [3.63, 3.8) is 0 Å². The summed E-state index contributed by atoms with van der Waals surface area (Å²) in [5.74, 6) is 0.854. The number of nitrogens with zero attached hydrogens (tertiary/aromatic N) is 1. The van der Waals surface area contributed by atoms with Crippen LogP contribution in [0.1, 0.15) is 17.5 Å². The van der Waals surface area contributed by atoms with E-state index in [-0.39, 0.29) is 11.8 Å². The minimum absolute atomic E-state index is 0.146. The number of hydrogen-bond donors (Lipinski definition) is 0. The van der Waals surface area contributed by atoms with Crippen LogP contribution in [0.3, 0.4) is 0 Å². The summed E-state index contributed by atoms with van der Waals surface area (Å²) < 4.78 is 5.78. The van der Waals surface area contributed by atoms with E-state index in [9.17, 15) is 4.79 Å². The van der Waals surface area contributed by atoms with Crippen molar-refractivity contribution in [2.75, 3.05) is 18.1 Å². The summed E-state index contributed by atoms with van der Waals surface area (Å²) in [5, 5.41) is 0.684. The minimum atomic E-state index is -0.146. The summed E-state index contributed by atoms with van der Waals surface area (Å²) in [4.78, 5) is 15.0. The summed E-state index contributed by atoms with van der Waals surface area (Å²) in [6, 6.07) is 13.8. The highest BCUT2D eigenvalue weighted by molar-refractivity contribution is 6.30. The third-order valence-electron chi connectivity index (χ3n) is 4.65. The molecule has 3 nitrogen and oxygen atoms in total. The molecule has 0 radical (unpaired) electrons. The molecule has 0 spiro atoms. The number of para-hydroxylation sites is 1. The van der Waals surface area contributed by atoms with Crippen LogP contribution in [0.5, 0.6) is 5.75 Å². The molecule has 1 amide bonds. The molecule has 0 bridgehead atoms. The smallest absolute Gasteiger partial charge is 0.233 e. The lowest BCUT2D eigenvalue weighted by Gasteiger charge is -2.34. The molecular formula is C19H18ClNO2. The number of amides is 1. The normalized spacial score (nSPS) is 19.5. The van der Waals surface area contributed by atoms with E-state index in [0.717, 1.165) is 36.4 Å². The predicted octanol–water partition coefficient (Wildman–Crippen LogP) is 3.87. The summed E-state index contributed by atoms with van der Waals surface area (Å²) in [5.41, 5.74) is 3.33. The van der Waals surface area contributed by atoms with Crippen LogP contribution in [0.4, 0.5) is 5.69 Å². The van der Waals surface area contributed by atoms with Gasteiger partial charge in [0.2, 0.25) is 5.91 Å². The lowest BCUT2D eigenvalue weighted by atomic mass is 9.93. The quantitative estimate of drug-likeness (QED) is 0.795. The van der Waals surface area contributed by atoms with Crippen molar-refractivity contribution in [1.82, 2.24) is 0 Å². The van der Waals surface area contributed by atoms with Crippen molar-refractivity contribution < 1.29 is 9.53 Å². The van der Waals surface area contributed by atoms with Gasteiger partial charge in [-0.15, -0.1) is 0 Å². The maximum atomic E-state index is 13.0. The fourth-order valence-corrected chi connectivity index (χ4v) is 3.70. The van der Waals surface area contributed by atoms with Gasteiger partial charge >= 0.3 is 0 Å². The molecule has 4 heteroatoms. The van der Waals surface area contributed by atoms with Crippen LogP contribution in [0.15, 0.2) is 42.5 Å². The second-order valence-corrected chi connectivity index (χ2v) is 6.62. The molecule has 2 aromatic carbocycles. The Hall–Kier alpha value is -2.00. The Bertz CT molecular complexity index is 759. The molecule has 2 heterocycles. The number of hydrogen-bond acceptors (Lipinski definition) is 2. The molecule has 2 aliphatic heterocycles. The fourth-order valence-electron chi connectivity index (χ4n) is 3.50. The molecule has 0 aliphatic carbocycles. The summed E-state index contributed by atoms with van der Waals surface area (Å²) >= 11 is 6.07. The molecule has 1 atom stereocenters. The number of ether oxygens (including phenoxy) is 1. The number of halogens is 1. The molecule has 2 aromatic rings. The van der Waals surface area contributed by atoms with E-state index in [4.69, 9.17) is 16.3 Å². The van der Waals surface area contributed by atoms with Crippen molar-refractivity contribution >= 4 is 23.2 Å². The van der Waals surface area contributed by atoms with Crippen LogP contribution in [-0.4, -0.2) is 19.1 Å². The first-order chi connectivity index (χ1) is 11.2. The molecule has 0 saturated carbocycles. The van der Waals surface area contributed by atoms with Gasteiger partial charge in [0.25, 0.3) is 0 Å². The van der Waals surface area contributed by atoms with Gasteiger partial charge in [0.15, 0.2) is 0 Å². The number of carbonyl (C=O) groups is 1. The van der Waals surface area contributed by atoms with Gasteiger partial charge in [0.1, 0.15) is 12.4 Å². The Kier molecular flexibility index (Phi) is 3.74. The van der Waals surface area contributed by atoms with Crippen molar-refractivity contribution in [1.29, 1.82) is 0 Å². The van der Waals surface area contributed by atoms with Gasteiger partial charge in [-0.25, -0.2) is 0 Å². The number of anilines is 1. The maximum absolute atomic E-state index is 13.0. The zero-order chi connectivity index (χ0) is 15.8. The van der Waals surface area contributed by atoms with Crippen LogP contribution >= 0.6 is 11.6 Å². The van der Waals surface area contributed by atoms with Gasteiger partial charge in [-0.05, 0) is 54.7 Å². The first-order valence-electron chi connectivity index (χ1n) is 8.03. The molecule has 0 N–H and O–H groups in total. The number of aryl methyl sites for hydroxylation is 1. The third kappa shape index (κ3) is 2.70. The lowest BCUT2D eigenvalue weighted by molar-refractivity contribution is -0.123. The Morgan fingerprint density at radius 1 is 1.17 bits per heavy atom. The van der Waals surface area contributed by atoms with Crippen LogP contribution in [-0.2, 0) is 17.6 Å². The Balaban J connectivity index is 1.59. The minimum Gasteiger partial charge on any atom is -0.492 e. The van der Waals surface area contributed by atoms with Gasteiger partial charge in [-0.3, -0.25) is 4.79 Å². The SMILES string of the molecule is O=C([C@@H]1COc2ccc(Cl)cc2C1)N1CCCc2ccccc21. The van der Waals surface area contributed by atoms with Crippen LogP contribution in [0.2, 0.25) is 5.02 Å². The average molecular weight is 328 g/mol. The van der Waals surface area contributed by atoms with Gasteiger partial charge in [-0.1, -0.05) is 29.8 Å². The molecule has 2 aliphatic rings. The molecule has 118 valence electrons. The van der Waals surface area contributed by atoms with E-state index >= 15 is 0 Å². The molecule has 23 heavy (non-hydrogen) atoms. The van der Waals surface area contributed by atoms with Crippen LogP contribution in [0.25, 0.3) is 0 Å². The highest BCUT2D eigenvalue weighted by Crippen LogP contribution is 2.33. The standard InChI is InChI=1S/C19H18ClNO2/c20-16-7-8-18-14(11-16)10-15(12-23-18)19(22)21-9-3-5-13-4-1-2-6-17(13)21/h1-2,4,6-8,11,15H,3,5,9-10,12H2/t15-/m0/s1. The number of carbonyl (C=O) groups excluding carboxylic acids is 1. The predicted molar refractivity (Wildman–Crippen MR) is 91.3 cm³/mol. The van der Waals surface area contributed by atoms with Crippen molar-refractivity contribution in [3.05, 3.63) is 58.6 Å². The van der Waals surface area contributed by atoms with Crippen molar-refractivity contribution in [2.24, 2.45) is 5.92 Å². The van der Waals surface area contributed by atoms with E-state index in [1.54, 1.807) is 0 Å². The van der Waals surface area contributed by atoms with Crippen molar-refractivity contribution in [3.8, 4) is 5.75 Å². The zero-order valence-electron chi connectivity index (χ0n) is 12.8. The number of fused-ring (bicyclic) bond motifs is 2. The molecule has 0 aromatic heterocycles. The molecule has 0 unspecified atom stereocenters. The van der Waals surface area contributed by atoms with E-state index in [2.05, 4.69) is 6.07 Å². The van der Waals surface area contributed by atoms with Crippen LogP contribution < -0.4 is 9.64 Å². The summed E-state index contributed by atoms with van der Waals surface area (Å²) in [6.07, 6.45) is 2.74. The van der Waals surface area contributed by atoms with E-state index in [0.29, 0.717) is 18.1 Å². The van der Waals surface area contributed by atoms with Crippen molar-refractivity contribution in [2.45, 2.75) is 19.3 Å². The van der Waals surface area contributed by atoms with E-state index in [1.807, 2.05) is 41.3 Å². The maximum Gasteiger partial charge on any atom is 0.233 e. The number of rotatable bonds is 1. The lowest BCUT2D eigenvalue weighted by Crippen LogP contribution is -2.43. The highest BCUT2D eigenvalue weighted by atomic mass is 35.5. The van der Waals surface area contributed by atoms with E-state index < -0.39 is 0 Å². The van der Waals surface area contributed by atoms with Gasteiger partial charge in [0.05, 0.1) is 5.92 Å². The molecular weight excluding hydrogens is 310 g/mol. The number of benzene rings is 2. The van der Waals surface area contributed by atoms with E-state index in [1.165, 1.54) is 5.56 Å². The second kappa shape index (κ2) is 5.89. The first kappa shape index (κ1) is 14.6. The summed E-state index contributed by atoms with van der Waals surface area (Å²) in [7, 11) is 0. The second-order valence-electron chi connectivity index (χ2n) is 6.19.